The zero-order valence-electron chi connectivity index (χ0n) is 10.0. The normalized spacial score (nSPS) is 17.8. The minimum Gasteiger partial charge on any atom is -0.292 e. The molecular weight excluding hydrogens is 228 g/mol. The van der Waals surface area contributed by atoms with Crippen LogP contribution >= 0.6 is 0 Å². The second kappa shape index (κ2) is 3.63. The fourth-order valence-corrected chi connectivity index (χ4v) is 2.51. The van der Waals surface area contributed by atoms with Crippen LogP contribution in [0.5, 0.6) is 0 Å². The molecule has 0 spiro atoms. The van der Waals surface area contributed by atoms with Gasteiger partial charge in [-0.3, -0.25) is 14.7 Å². The van der Waals surface area contributed by atoms with Crippen molar-refractivity contribution in [2.75, 3.05) is 0 Å². The van der Waals surface area contributed by atoms with Crippen LogP contribution in [0.25, 0.3) is 11.1 Å². The summed E-state index contributed by atoms with van der Waals surface area (Å²) < 4.78 is 0. The van der Waals surface area contributed by atoms with Crippen LogP contribution in [0.15, 0.2) is 24.3 Å². The van der Waals surface area contributed by atoms with E-state index >= 15 is 0 Å². The molecule has 18 heavy (non-hydrogen) atoms. The number of aromatic amines is 1. The van der Waals surface area contributed by atoms with E-state index in [0.29, 0.717) is 35.4 Å². The molecule has 1 heterocycles. The summed E-state index contributed by atoms with van der Waals surface area (Å²) in [4.78, 5) is 24.1. The van der Waals surface area contributed by atoms with E-state index in [0.717, 1.165) is 11.1 Å². The van der Waals surface area contributed by atoms with Crippen molar-refractivity contribution < 1.29 is 9.59 Å². The Labute approximate surface area is 104 Å². The van der Waals surface area contributed by atoms with E-state index in [1.807, 2.05) is 6.92 Å². The molecule has 0 radical (unpaired) electrons. The van der Waals surface area contributed by atoms with Crippen molar-refractivity contribution >= 4 is 22.7 Å². The van der Waals surface area contributed by atoms with Gasteiger partial charge in [0.1, 0.15) is 5.69 Å². The number of carbonyl (C=O) groups is 2. The third-order valence-corrected chi connectivity index (χ3v) is 3.31. The Morgan fingerprint density at radius 1 is 1.44 bits per heavy atom. The van der Waals surface area contributed by atoms with Gasteiger partial charge in [0, 0.05) is 17.6 Å². The molecule has 0 amide bonds. The first-order chi connectivity index (χ1) is 8.59. The molecule has 2 aliphatic carbocycles. The van der Waals surface area contributed by atoms with Crippen molar-refractivity contribution in [3.05, 3.63) is 41.3 Å². The number of rotatable bonds is 1. The maximum absolute atomic E-state index is 12.0. The SMILES string of the molecule is C=C(C)c1n[nH]c2c1C1=C(CC=CC1=O)CC2=O. The topological polar surface area (TPSA) is 62.8 Å². The average molecular weight is 240 g/mol. The summed E-state index contributed by atoms with van der Waals surface area (Å²) in [7, 11) is 0. The number of nitrogens with one attached hydrogen (secondary N) is 1. The standard InChI is InChI=1S/C14H12N2O2/c1-7(2)13-12-11-8(4-3-5-9(11)17)6-10(18)14(12)16-15-13/h3,5H,1,4,6H2,2H3,(H,15,16). The number of H-pyrrole nitrogens is 1. The molecule has 90 valence electrons. The largest absolute Gasteiger partial charge is 0.292 e. The Balaban J connectivity index is 2.30. The van der Waals surface area contributed by atoms with Crippen LogP contribution in [0.2, 0.25) is 0 Å². The Bertz CT molecular complexity index is 659. The number of nitrogens with zero attached hydrogens (tertiary/aromatic N) is 1. The minimum absolute atomic E-state index is 0.00755. The van der Waals surface area contributed by atoms with Gasteiger partial charge in [-0.15, -0.1) is 0 Å². The first kappa shape index (κ1) is 10.9. The number of aromatic nitrogens is 2. The first-order valence-corrected chi connectivity index (χ1v) is 5.80. The molecule has 0 bridgehead atoms. The van der Waals surface area contributed by atoms with Crippen molar-refractivity contribution in [2.24, 2.45) is 0 Å². The van der Waals surface area contributed by atoms with Crippen LogP contribution in [0.1, 0.15) is 41.5 Å². The highest BCUT2D eigenvalue weighted by Crippen LogP contribution is 2.38. The molecule has 0 aromatic carbocycles. The van der Waals surface area contributed by atoms with E-state index in [2.05, 4.69) is 16.8 Å². The highest BCUT2D eigenvalue weighted by molar-refractivity contribution is 6.31. The second-order valence-electron chi connectivity index (χ2n) is 4.65. The molecule has 4 heteroatoms. The maximum atomic E-state index is 12.0. The quantitative estimate of drug-likeness (QED) is 0.819. The number of Topliss-reactive ketones (excluding diaryl/α,β-unsaturated/α-hetero) is 1. The fourth-order valence-electron chi connectivity index (χ4n) is 2.51. The molecule has 4 nitrogen and oxygen atoms in total. The van der Waals surface area contributed by atoms with Crippen LogP contribution in [0, 0.1) is 0 Å². The third-order valence-electron chi connectivity index (χ3n) is 3.31. The van der Waals surface area contributed by atoms with Crippen molar-refractivity contribution in [1.29, 1.82) is 0 Å². The van der Waals surface area contributed by atoms with Gasteiger partial charge in [-0.25, -0.2) is 0 Å². The number of allylic oxidation sites excluding steroid dienone is 5. The van der Waals surface area contributed by atoms with Crippen molar-refractivity contribution in [3.63, 3.8) is 0 Å². The Kier molecular flexibility index (Phi) is 2.20. The van der Waals surface area contributed by atoms with Gasteiger partial charge in [-0.2, -0.15) is 5.10 Å². The predicted octanol–water partition coefficient (Wildman–Crippen LogP) is 2.31. The van der Waals surface area contributed by atoms with Gasteiger partial charge in [0.15, 0.2) is 11.6 Å². The number of carbonyl (C=O) groups excluding carboxylic acids is 2. The molecule has 1 aromatic heterocycles. The molecule has 0 saturated heterocycles. The molecule has 0 unspecified atom stereocenters. The zero-order chi connectivity index (χ0) is 12.9. The van der Waals surface area contributed by atoms with Gasteiger partial charge in [-0.1, -0.05) is 12.7 Å². The summed E-state index contributed by atoms with van der Waals surface area (Å²) >= 11 is 0. The molecule has 0 aliphatic heterocycles. The summed E-state index contributed by atoms with van der Waals surface area (Å²) in [5, 5.41) is 6.86. The molecule has 1 N–H and O–H groups in total. The fraction of sp³-hybridized carbons (Fsp3) is 0.214. The summed E-state index contributed by atoms with van der Waals surface area (Å²) in [5.74, 6) is -0.0549. The van der Waals surface area contributed by atoms with Crippen LogP contribution < -0.4 is 0 Å². The van der Waals surface area contributed by atoms with Gasteiger partial charge in [0.2, 0.25) is 0 Å². The van der Waals surface area contributed by atoms with E-state index in [9.17, 15) is 9.59 Å². The van der Waals surface area contributed by atoms with Crippen LogP contribution in [0.3, 0.4) is 0 Å². The van der Waals surface area contributed by atoms with E-state index < -0.39 is 0 Å². The smallest absolute Gasteiger partial charge is 0.186 e. The van der Waals surface area contributed by atoms with Crippen LogP contribution in [-0.4, -0.2) is 21.8 Å². The molecular formula is C14H12N2O2. The zero-order valence-corrected chi connectivity index (χ0v) is 10.0. The lowest BCUT2D eigenvalue weighted by atomic mass is 9.81. The van der Waals surface area contributed by atoms with Crippen molar-refractivity contribution in [1.82, 2.24) is 10.2 Å². The molecule has 0 atom stereocenters. The van der Waals surface area contributed by atoms with E-state index in [4.69, 9.17) is 0 Å². The first-order valence-electron chi connectivity index (χ1n) is 5.80. The van der Waals surface area contributed by atoms with E-state index in [1.54, 1.807) is 12.2 Å². The Morgan fingerprint density at radius 3 is 2.94 bits per heavy atom. The van der Waals surface area contributed by atoms with Crippen LogP contribution in [-0.2, 0) is 4.79 Å². The lowest BCUT2D eigenvalue weighted by Gasteiger charge is -2.20. The van der Waals surface area contributed by atoms with Gasteiger partial charge >= 0.3 is 0 Å². The molecule has 0 saturated carbocycles. The molecule has 0 fully saturated rings. The number of ketones is 2. The van der Waals surface area contributed by atoms with Gasteiger partial charge < -0.3 is 0 Å². The minimum atomic E-state index is -0.0473. The summed E-state index contributed by atoms with van der Waals surface area (Å²) in [5.41, 5.74) is 3.98. The monoisotopic (exact) mass is 240 g/mol. The third kappa shape index (κ3) is 1.35. The van der Waals surface area contributed by atoms with E-state index in [-0.39, 0.29) is 11.6 Å². The average Bonchev–Trinajstić information content (AvgIpc) is 2.74. The lowest BCUT2D eigenvalue weighted by Crippen LogP contribution is -2.18. The summed E-state index contributed by atoms with van der Waals surface area (Å²) in [6.45, 7) is 5.67. The Hall–Kier alpha value is -2.23. The maximum Gasteiger partial charge on any atom is 0.186 e. The molecule has 3 rings (SSSR count). The number of hydrogen-bond acceptors (Lipinski definition) is 3. The predicted molar refractivity (Wildman–Crippen MR) is 67.9 cm³/mol. The van der Waals surface area contributed by atoms with Crippen LogP contribution in [0.4, 0.5) is 0 Å². The van der Waals surface area contributed by atoms with Gasteiger partial charge in [-0.05, 0) is 30.6 Å². The molecule has 2 aliphatic rings. The second-order valence-corrected chi connectivity index (χ2v) is 4.65. The Morgan fingerprint density at radius 2 is 2.22 bits per heavy atom. The van der Waals surface area contributed by atoms with E-state index in [1.165, 1.54) is 0 Å². The highest BCUT2D eigenvalue weighted by atomic mass is 16.1. The lowest BCUT2D eigenvalue weighted by molar-refractivity contribution is -0.109. The number of hydrogen-bond donors (Lipinski definition) is 1. The number of fused-ring (bicyclic) bond motifs is 2. The summed E-state index contributed by atoms with van der Waals surface area (Å²) in [6, 6.07) is 0. The van der Waals surface area contributed by atoms with Crippen molar-refractivity contribution in [2.45, 2.75) is 19.8 Å². The van der Waals surface area contributed by atoms with Crippen molar-refractivity contribution in [3.8, 4) is 0 Å². The van der Waals surface area contributed by atoms with Gasteiger partial charge in [0.25, 0.3) is 0 Å². The highest BCUT2D eigenvalue weighted by Gasteiger charge is 2.33. The summed E-state index contributed by atoms with van der Waals surface area (Å²) in [6.07, 6.45) is 4.33. The molecule has 1 aromatic rings. The van der Waals surface area contributed by atoms with Gasteiger partial charge in [0.05, 0.1) is 5.69 Å².